The first-order valence-electron chi connectivity index (χ1n) is 1.68. The Hall–Kier alpha value is -0.340. The number of rotatable bonds is 2. The molecule has 0 aromatic carbocycles. The molecule has 0 heterocycles. The fourth-order valence-electron chi connectivity index (χ4n) is 0.110. The van der Waals surface area contributed by atoms with E-state index in [1.165, 1.54) is 0 Å². The molecule has 0 N–H and O–H groups in total. The van der Waals surface area contributed by atoms with Crippen molar-refractivity contribution >= 4 is 0 Å². The SMILES string of the molecule is C=C(C)CO[N]. The third-order valence-electron chi connectivity index (χ3n) is 0.311. The van der Waals surface area contributed by atoms with Gasteiger partial charge in [0.25, 0.3) is 0 Å². The Labute approximate surface area is 37.6 Å². The van der Waals surface area contributed by atoms with Crippen LogP contribution in [0.4, 0.5) is 0 Å². The van der Waals surface area contributed by atoms with Crippen molar-refractivity contribution in [1.29, 1.82) is 0 Å². The molecule has 2 radical (unpaired) electrons. The van der Waals surface area contributed by atoms with Crippen LogP contribution in [0, 0.1) is 0 Å². The van der Waals surface area contributed by atoms with Gasteiger partial charge in [0.05, 0.1) is 6.61 Å². The summed E-state index contributed by atoms with van der Waals surface area (Å²) < 4.78 is 0. The van der Waals surface area contributed by atoms with Crippen molar-refractivity contribution in [3.8, 4) is 0 Å². The maximum absolute atomic E-state index is 7.68. The Morgan fingerprint density at radius 3 is 2.50 bits per heavy atom. The van der Waals surface area contributed by atoms with Gasteiger partial charge >= 0.3 is 0 Å². The van der Waals surface area contributed by atoms with Crippen LogP contribution < -0.4 is 5.90 Å². The summed E-state index contributed by atoms with van der Waals surface area (Å²) in [6, 6.07) is 0. The minimum Gasteiger partial charge on any atom is -0.259 e. The summed E-state index contributed by atoms with van der Waals surface area (Å²) in [6.45, 7) is 5.47. The van der Waals surface area contributed by atoms with E-state index in [1.54, 1.807) is 6.92 Å². The van der Waals surface area contributed by atoms with Crippen LogP contribution in [0.25, 0.3) is 0 Å². The largest absolute Gasteiger partial charge is 0.259 e. The molecule has 0 rings (SSSR count). The third-order valence-corrected chi connectivity index (χ3v) is 0.311. The van der Waals surface area contributed by atoms with E-state index in [0.717, 1.165) is 5.57 Å². The molecule has 0 aromatic heterocycles. The maximum Gasteiger partial charge on any atom is 0.0925 e. The van der Waals surface area contributed by atoms with E-state index in [4.69, 9.17) is 5.90 Å². The summed E-state index contributed by atoms with van der Waals surface area (Å²) >= 11 is 0. The molecule has 2 nitrogen and oxygen atoms in total. The van der Waals surface area contributed by atoms with Crippen molar-refractivity contribution < 1.29 is 4.84 Å². The molecular formula is C4H7NO. The van der Waals surface area contributed by atoms with E-state index in [2.05, 4.69) is 11.4 Å². The van der Waals surface area contributed by atoms with Crippen molar-refractivity contribution in [2.45, 2.75) is 6.92 Å². The van der Waals surface area contributed by atoms with Gasteiger partial charge in [-0.05, 0) is 6.92 Å². The highest BCUT2D eigenvalue weighted by molar-refractivity contribution is 4.86. The van der Waals surface area contributed by atoms with Gasteiger partial charge in [0.1, 0.15) is 0 Å². The summed E-state index contributed by atoms with van der Waals surface area (Å²) in [5.41, 5.74) is 0.817. The molecule has 0 aliphatic carbocycles. The monoisotopic (exact) mass is 85.1 g/mol. The smallest absolute Gasteiger partial charge is 0.0925 e. The second-order valence-electron chi connectivity index (χ2n) is 1.23. The average molecular weight is 85.1 g/mol. The summed E-state index contributed by atoms with van der Waals surface area (Å²) in [5, 5.41) is 0. The lowest BCUT2D eigenvalue weighted by atomic mass is 10.4. The molecule has 34 valence electrons. The molecule has 0 fully saturated rings. The van der Waals surface area contributed by atoms with Gasteiger partial charge in [0, 0.05) is 5.90 Å². The van der Waals surface area contributed by atoms with E-state index < -0.39 is 0 Å². The van der Waals surface area contributed by atoms with Crippen LogP contribution in [0.2, 0.25) is 0 Å². The highest BCUT2D eigenvalue weighted by atomic mass is 16.6. The molecule has 0 spiro atoms. The Balaban J connectivity index is 2.83. The van der Waals surface area contributed by atoms with Gasteiger partial charge in [-0.1, -0.05) is 12.2 Å². The van der Waals surface area contributed by atoms with Gasteiger partial charge < -0.3 is 0 Å². The summed E-state index contributed by atoms with van der Waals surface area (Å²) in [5.74, 6) is 7.68. The first-order valence-corrected chi connectivity index (χ1v) is 1.68. The van der Waals surface area contributed by atoms with Crippen LogP contribution in [0.15, 0.2) is 12.2 Å². The van der Waals surface area contributed by atoms with E-state index in [0.29, 0.717) is 0 Å². The van der Waals surface area contributed by atoms with Crippen molar-refractivity contribution in [2.24, 2.45) is 0 Å². The first-order chi connectivity index (χ1) is 2.77. The Kier molecular flexibility index (Phi) is 2.71. The lowest BCUT2D eigenvalue weighted by molar-refractivity contribution is 0.141. The van der Waals surface area contributed by atoms with Gasteiger partial charge in [0.2, 0.25) is 0 Å². The van der Waals surface area contributed by atoms with Gasteiger partial charge in [-0.25, -0.2) is 0 Å². The van der Waals surface area contributed by atoms with Crippen LogP contribution in [0.5, 0.6) is 0 Å². The normalized spacial score (nSPS) is 8.33. The first kappa shape index (κ1) is 5.66. The predicted molar refractivity (Wildman–Crippen MR) is 22.9 cm³/mol. The van der Waals surface area contributed by atoms with Gasteiger partial charge in [-0.15, -0.1) is 0 Å². The summed E-state index contributed by atoms with van der Waals surface area (Å²) in [4.78, 5) is 3.70. The molecule has 0 saturated heterocycles. The molecule has 2 heteroatoms. The fourth-order valence-corrected chi connectivity index (χ4v) is 0.110. The molecule has 0 unspecified atom stereocenters. The number of hydrogen-bond donors (Lipinski definition) is 0. The molecule has 0 atom stereocenters. The Bertz CT molecular complexity index is 51.5. The molecular weight excluding hydrogens is 78.0 g/mol. The zero-order valence-electron chi connectivity index (χ0n) is 3.77. The summed E-state index contributed by atoms with van der Waals surface area (Å²) in [6.07, 6.45) is 0. The predicted octanol–water partition coefficient (Wildman–Crippen LogP) is 0.563. The second-order valence-corrected chi connectivity index (χ2v) is 1.23. The molecule has 0 bridgehead atoms. The van der Waals surface area contributed by atoms with Crippen LogP contribution in [0.1, 0.15) is 6.92 Å². The lowest BCUT2D eigenvalue weighted by Crippen LogP contribution is -1.88. The van der Waals surface area contributed by atoms with Crippen LogP contribution >= 0.6 is 0 Å². The Morgan fingerprint density at radius 1 is 2.00 bits per heavy atom. The van der Waals surface area contributed by atoms with Crippen molar-refractivity contribution in [2.75, 3.05) is 6.61 Å². The molecule has 0 amide bonds. The molecule has 0 saturated carbocycles. The minimum absolute atomic E-state index is 0.236. The van der Waals surface area contributed by atoms with E-state index in [1.807, 2.05) is 0 Å². The highest BCUT2D eigenvalue weighted by Crippen LogP contribution is 1.81. The molecule has 0 aromatic rings. The van der Waals surface area contributed by atoms with Crippen molar-refractivity contribution in [1.82, 2.24) is 5.90 Å². The average Bonchev–Trinajstić information content (AvgIpc) is 1.35. The highest BCUT2D eigenvalue weighted by Gasteiger charge is 1.78. The van der Waals surface area contributed by atoms with E-state index in [9.17, 15) is 0 Å². The van der Waals surface area contributed by atoms with Crippen LogP contribution in [0.3, 0.4) is 0 Å². The van der Waals surface area contributed by atoms with Gasteiger partial charge in [-0.3, -0.25) is 4.84 Å². The Morgan fingerprint density at radius 2 is 2.50 bits per heavy atom. The topological polar surface area (TPSA) is 31.5 Å². The standard InChI is InChI=1S/C4H7NO/c1-4(2)3-6-5/h1,3H2,2H3. The van der Waals surface area contributed by atoms with Gasteiger partial charge in [-0.2, -0.15) is 0 Å². The fraction of sp³-hybridized carbons (Fsp3) is 0.500. The molecule has 0 aliphatic rings. The van der Waals surface area contributed by atoms with Crippen molar-refractivity contribution in [3.63, 3.8) is 0 Å². The van der Waals surface area contributed by atoms with Crippen molar-refractivity contribution in [3.05, 3.63) is 12.2 Å². The van der Waals surface area contributed by atoms with E-state index in [-0.39, 0.29) is 6.61 Å². The zero-order valence-corrected chi connectivity index (χ0v) is 3.77. The number of nitrogens with zero attached hydrogens (tertiary/aromatic N) is 1. The minimum atomic E-state index is 0.236. The third kappa shape index (κ3) is 3.66. The van der Waals surface area contributed by atoms with Crippen LogP contribution in [-0.2, 0) is 4.84 Å². The lowest BCUT2D eigenvalue weighted by Gasteiger charge is -1.86. The quantitative estimate of drug-likeness (QED) is 0.356. The van der Waals surface area contributed by atoms with E-state index >= 15 is 0 Å². The molecule has 6 heavy (non-hydrogen) atoms. The van der Waals surface area contributed by atoms with Crippen LogP contribution in [-0.4, -0.2) is 6.61 Å². The molecule has 0 aliphatic heterocycles. The second kappa shape index (κ2) is 2.87. The maximum atomic E-state index is 7.68. The zero-order chi connectivity index (χ0) is 4.99. The summed E-state index contributed by atoms with van der Waals surface area (Å²) in [7, 11) is 0. The number of hydrogen-bond acceptors (Lipinski definition) is 1. The van der Waals surface area contributed by atoms with Gasteiger partial charge in [0.15, 0.2) is 0 Å².